The normalized spacial score (nSPS) is 11.1. The van der Waals surface area contributed by atoms with Crippen molar-refractivity contribution in [2.45, 2.75) is 19.6 Å². The van der Waals surface area contributed by atoms with E-state index in [1.165, 1.54) is 12.1 Å². The van der Waals surface area contributed by atoms with Gasteiger partial charge in [0.25, 0.3) is 0 Å². The van der Waals surface area contributed by atoms with Crippen LogP contribution in [0.3, 0.4) is 0 Å². The molecular weight excluding hydrogens is 454 g/mol. The summed E-state index contributed by atoms with van der Waals surface area (Å²) in [5.74, 6) is -2.93. The zero-order valence-electron chi connectivity index (χ0n) is 19.6. The molecule has 0 aliphatic rings. The summed E-state index contributed by atoms with van der Waals surface area (Å²) < 4.78 is -0.0832. The van der Waals surface area contributed by atoms with Crippen molar-refractivity contribution in [3.05, 3.63) is 143 Å². The third-order valence-electron chi connectivity index (χ3n) is 6.09. The first-order valence-electron chi connectivity index (χ1n) is 11.5. The molecule has 0 unspecified atom stereocenters. The van der Waals surface area contributed by atoms with Crippen LogP contribution in [-0.4, -0.2) is 32.5 Å². The van der Waals surface area contributed by atoms with Crippen LogP contribution in [0.4, 0.5) is 0 Å². The highest BCUT2D eigenvalue weighted by Crippen LogP contribution is 2.28. The Bertz CT molecular complexity index is 1230. The fourth-order valence-electron chi connectivity index (χ4n) is 4.45. The molecule has 0 fully saturated rings. The summed E-state index contributed by atoms with van der Waals surface area (Å²) in [7, 11) is 0. The van der Waals surface area contributed by atoms with Gasteiger partial charge in [0.2, 0.25) is 0 Å². The van der Waals surface area contributed by atoms with E-state index in [-0.39, 0.29) is 27.1 Å². The van der Waals surface area contributed by atoms with Crippen LogP contribution in [-0.2, 0) is 19.6 Å². The Hall–Kier alpha value is -4.55. The molecule has 36 heavy (non-hydrogen) atoms. The van der Waals surface area contributed by atoms with Crippen LogP contribution in [0.1, 0.15) is 47.8 Å². The first-order valence-corrected chi connectivity index (χ1v) is 11.5. The molecular formula is C30H26NO5+. The fourth-order valence-corrected chi connectivity index (χ4v) is 4.45. The number of carboxylic acid groups (broad SMARTS) is 2. The standard InChI is InChI=1S/C30H25NO5/c32-28(25-16-26(29(33)34)18-27(17-25)30(35)36)31(19-22-10-4-1-5-11-22,20-23-12-6-2-7-13-23)21-24-14-8-3-9-15-24/h1-18H,19-21H2,(H-,33,34,35,36)/p+1. The van der Waals surface area contributed by atoms with E-state index in [1.54, 1.807) is 0 Å². The van der Waals surface area contributed by atoms with Gasteiger partial charge in [0, 0.05) is 16.7 Å². The lowest BCUT2D eigenvalue weighted by Crippen LogP contribution is -2.50. The van der Waals surface area contributed by atoms with Gasteiger partial charge >= 0.3 is 17.8 Å². The van der Waals surface area contributed by atoms with E-state index in [9.17, 15) is 24.6 Å². The lowest BCUT2D eigenvalue weighted by Gasteiger charge is -2.36. The number of hydrogen-bond donors (Lipinski definition) is 2. The molecule has 6 nitrogen and oxygen atoms in total. The Morgan fingerprint density at radius 3 is 1.11 bits per heavy atom. The van der Waals surface area contributed by atoms with Gasteiger partial charge < -0.3 is 10.2 Å². The third kappa shape index (κ3) is 5.74. The molecule has 0 heterocycles. The predicted molar refractivity (Wildman–Crippen MR) is 135 cm³/mol. The molecule has 0 saturated heterocycles. The minimum Gasteiger partial charge on any atom is -0.478 e. The summed E-state index contributed by atoms with van der Waals surface area (Å²) in [5.41, 5.74) is 2.38. The Kier molecular flexibility index (Phi) is 7.37. The molecule has 0 aliphatic heterocycles. The maximum atomic E-state index is 14.4. The zero-order chi connectivity index (χ0) is 25.5. The Morgan fingerprint density at radius 1 is 0.500 bits per heavy atom. The summed E-state index contributed by atoms with van der Waals surface area (Å²) in [6.45, 7) is 1.01. The number of nitrogens with zero attached hydrogens (tertiary/aromatic N) is 1. The highest BCUT2D eigenvalue weighted by molar-refractivity contribution is 5.99. The molecule has 0 bridgehead atoms. The van der Waals surface area contributed by atoms with E-state index >= 15 is 0 Å². The van der Waals surface area contributed by atoms with Gasteiger partial charge in [-0.25, -0.2) is 18.9 Å². The van der Waals surface area contributed by atoms with Crippen molar-refractivity contribution in [3.8, 4) is 0 Å². The Labute approximate surface area is 209 Å². The van der Waals surface area contributed by atoms with Crippen molar-refractivity contribution >= 4 is 17.8 Å². The molecule has 0 spiro atoms. The first kappa shape index (κ1) is 24.6. The number of hydrogen-bond acceptors (Lipinski definition) is 3. The van der Waals surface area contributed by atoms with E-state index in [0.717, 1.165) is 22.8 Å². The van der Waals surface area contributed by atoms with Crippen molar-refractivity contribution in [3.63, 3.8) is 0 Å². The average molecular weight is 481 g/mol. The van der Waals surface area contributed by atoms with Crippen molar-refractivity contribution < 1.29 is 29.1 Å². The second-order valence-electron chi connectivity index (χ2n) is 8.79. The largest absolute Gasteiger partial charge is 0.478 e. The molecule has 4 rings (SSSR count). The van der Waals surface area contributed by atoms with E-state index < -0.39 is 11.9 Å². The van der Waals surface area contributed by atoms with Gasteiger partial charge in [-0.15, -0.1) is 0 Å². The maximum absolute atomic E-state index is 14.4. The molecule has 0 aliphatic carbocycles. The maximum Gasteiger partial charge on any atom is 0.346 e. The summed E-state index contributed by atoms with van der Waals surface area (Å²) in [6.07, 6.45) is 0. The Balaban J connectivity index is 1.91. The lowest BCUT2D eigenvalue weighted by atomic mass is 10.0. The number of carbonyl (C=O) groups excluding carboxylic acids is 1. The summed E-state index contributed by atoms with van der Waals surface area (Å²) in [4.78, 5) is 37.9. The first-order chi connectivity index (χ1) is 17.4. The van der Waals surface area contributed by atoms with E-state index in [4.69, 9.17) is 0 Å². The van der Waals surface area contributed by atoms with Crippen LogP contribution >= 0.6 is 0 Å². The highest BCUT2D eigenvalue weighted by Gasteiger charge is 2.39. The van der Waals surface area contributed by atoms with Gasteiger partial charge in [-0.1, -0.05) is 91.0 Å². The average Bonchev–Trinajstić information content (AvgIpc) is 2.89. The monoisotopic (exact) mass is 480 g/mol. The van der Waals surface area contributed by atoms with Crippen LogP contribution in [0.25, 0.3) is 0 Å². The van der Waals surface area contributed by atoms with Crippen molar-refractivity contribution in [2.75, 3.05) is 0 Å². The molecule has 4 aromatic rings. The second kappa shape index (κ2) is 10.8. The molecule has 0 saturated carbocycles. The number of aromatic carboxylic acids is 2. The molecule has 180 valence electrons. The SMILES string of the molecule is O=C(O)c1cc(C(=O)O)cc(C(=O)[N+](Cc2ccccc2)(Cc2ccccc2)Cc2ccccc2)c1. The van der Waals surface area contributed by atoms with Gasteiger partial charge in [0.1, 0.15) is 19.6 Å². The van der Waals surface area contributed by atoms with E-state index in [1.807, 2.05) is 91.0 Å². The highest BCUT2D eigenvalue weighted by atomic mass is 16.4. The van der Waals surface area contributed by atoms with Gasteiger partial charge in [0.15, 0.2) is 0 Å². The minimum atomic E-state index is -1.29. The van der Waals surface area contributed by atoms with Crippen molar-refractivity contribution in [1.82, 2.24) is 0 Å². The van der Waals surface area contributed by atoms with Crippen molar-refractivity contribution in [2.24, 2.45) is 0 Å². The molecule has 0 radical (unpaired) electrons. The van der Waals surface area contributed by atoms with Crippen LogP contribution in [0, 0.1) is 0 Å². The number of carboxylic acids is 2. The number of carbonyl (C=O) groups is 3. The third-order valence-corrected chi connectivity index (χ3v) is 6.09. The van der Waals surface area contributed by atoms with Crippen LogP contribution < -0.4 is 0 Å². The summed E-state index contributed by atoms with van der Waals surface area (Å²) in [6, 6.07) is 32.5. The van der Waals surface area contributed by atoms with Gasteiger partial charge in [-0.05, 0) is 18.2 Å². The smallest absolute Gasteiger partial charge is 0.346 e. The number of amides is 1. The predicted octanol–water partition coefficient (Wildman–Crippen LogP) is 5.64. The summed E-state index contributed by atoms with van der Waals surface area (Å²) >= 11 is 0. The van der Waals surface area contributed by atoms with E-state index in [0.29, 0.717) is 19.6 Å². The number of rotatable bonds is 9. The lowest BCUT2D eigenvalue weighted by molar-refractivity contribution is -0.889. The molecule has 1 amide bonds. The fraction of sp³-hybridized carbons (Fsp3) is 0.100. The summed E-state index contributed by atoms with van der Waals surface area (Å²) in [5, 5.41) is 19.2. The van der Waals surface area contributed by atoms with Gasteiger partial charge in [0.05, 0.1) is 16.7 Å². The number of quaternary nitrogens is 1. The van der Waals surface area contributed by atoms with Crippen LogP contribution in [0.15, 0.2) is 109 Å². The molecule has 2 N–H and O–H groups in total. The second-order valence-corrected chi connectivity index (χ2v) is 8.79. The zero-order valence-corrected chi connectivity index (χ0v) is 19.6. The molecule has 0 aromatic heterocycles. The molecule has 4 aromatic carbocycles. The van der Waals surface area contributed by atoms with E-state index in [2.05, 4.69) is 0 Å². The topological polar surface area (TPSA) is 91.7 Å². The minimum absolute atomic E-state index is 0.0510. The van der Waals surface area contributed by atoms with Gasteiger partial charge in [-0.2, -0.15) is 0 Å². The van der Waals surface area contributed by atoms with Crippen LogP contribution in [0.2, 0.25) is 0 Å². The molecule has 6 heteroatoms. The molecule has 0 atom stereocenters. The Morgan fingerprint density at radius 2 is 0.806 bits per heavy atom. The number of benzene rings is 4. The quantitative estimate of drug-likeness (QED) is 0.303. The van der Waals surface area contributed by atoms with Crippen molar-refractivity contribution in [1.29, 1.82) is 0 Å². The van der Waals surface area contributed by atoms with Crippen LogP contribution in [0.5, 0.6) is 0 Å². The van der Waals surface area contributed by atoms with Gasteiger partial charge in [-0.3, -0.25) is 0 Å².